The molecule has 2 N–H and O–H groups in total. The van der Waals surface area contributed by atoms with Gasteiger partial charge in [0.25, 0.3) is 0 Å². The van der Waals surface area contributed by atoms with E-state index in [2.05, 4.69) is 5.32 Å². The topological polar surface area (TPSA) is 101 Å². The Labute approximate surface area is 81.2 Å². The number of carboxylic acids is 1. The fourth-order valence-electron chi connectivity index (χ4n) is 1.31. The van der Waals surface area contributed by atoms with Gasteiger partial charge >= 0.3 is 5.97 Å². The van der Waals surface area contributed by atoms with Crippen molar-refractivity contribution in [2.45, 2.75) is 6.42 Å². The third kappa shape index (κ3) is 2.99. The zero-order valence-corrected chi connectivity index (χ0v) is 8.21. The average molecular weight is 221 g/mol. The molecule has 1 fully saturated rings. The van der Waals surface area contributed by atoms with Gasteiger partial charge in [-0.3, -0.25) is 9.59 Å². The molecule has 0 aliphatic carbocycles. The summed E-state index contributed by atoms with van der Waals surface area (Å²) in [6.07, 6.45) is 0.286. The second-order valence-corrected chi connectivity index (χ2v) is 5.44. The van der Waals surface area contributed by atoms with Crippen LogP contribution < -0.4 is 5.32 Å². The summed E-state index contributed by atoms with van der Waals surface area (Å²) < 4.78 is 22.0. The first-order valence-corrected chi connectivity index (χ1v) is 5.93. The van der Waals surface area contributed by atoms with Crippen molar-refractivity contribution in [1.82, 2.24) is 5.32 Å². The summed E-state index contributed by atoms with van der Waals surface area (Å²) in [5.41, 5.74) is 0. The Morgan fingerprint density at radius 1 is 1.43 bits per heavy atom. The molecule has 0 radical (unpaired) electrons. The van der Waals surface area contributed by atoms with E-state index in [1.807, 2.05) is 0 Å². The lowest BCUT2D eigenvalue weighted by molar-refractivity contribution is -0.138. The Kier molecular flexibility index (Phi) is 3.10. The lowest BCUT2D eigenvalue weighted by atomic mass is 10.1. The van der Waals surface area contributed by atoms with Gasteiger partial charge in [0.2, 0.25) is 5.91 Å². The van der Waals surface area contributed by atoms with E-state index >= 15 is 0 Å². The van der Waals surface area contributed by atoms with E-state index in [1.54, 1.807) is 0 Å². The van der Waals surface area contributed by atoms with E-state index in [1.165, 1.54) is 0 Å². The number of aliphatic carboxylic acids is 1. The zero-order chi connectivity index (χ0) is 10.8. The Morgan fingerprint density at radius 2 is 2.07 bits per heavy atom. The monoisotopic (exact) mass is 221 g/mol. The molecule has 0 aromatic carbocycles. The Hall–Kier alpha value is -1.11. The van der Waals surface area contributed by atoms with Crippen molar-refractivity contribution in [1.29, 1.82) is 0 Å². The fraction of sp³-hybridized carbons (Fsp3) is 0.714. The summed E-state index contributed by atoms with van der Waals surface area (Å²) in [5.74, 6) is -2.37. The smallest absolute Gasteiger partial charge is 0.322 e. The van der Waals surface area contributed by atoms with Crippen LogP contribution in [-0.2, 0) is 19.4 Å². The summed E-state index contributed by atoms with van der Waals surface area (Å²) in [7, 11) is -3.09. The molecule has 1 aliphatic heterocycles. The minimum Gasteiger partial charge on any atom is -0.480 e. The molecule has 0 bridgehead atoms. The maximum atomic E-state index is 11.2. The number of rotatable bonds is 3. The van der Waals surface area contributed by atoms with Crippen molar-refractivity contribution >= 4 is 21.7 Å². The molecule has 1 rings (SSSR count). The van der Waals surface area contributed by atoms with Gasteiger partial charge in [-0.1, -0.05) is 0 Å². The highest BCUT2D eigenvalue weighted by molar-refractivity contribution is 7.91. The molecule has 1 unspecified atom stereocenters. The normalized spacial score (nSPS) is 24.4. The molecule has 1 amide bonds. The standard InChI is InChI=1S/C7H11NO5S/c9-6(10)3-8-7(11)5-1-2-14(12,13)4-5/h5H,1-4H2,(H,8,11)(H,9,10). The minimum absolute atomic E-state index is 0.0121. The summed E-state index contributed by atoms with van der Waals surface area (Å²) >= 11 is 0. The molecule has 6 nitrogen and oxygen atoms in total. The number of amides is 1. The van der Waals surface area contributed by atoms with Crippen LogP contribution >= 0.6 is 0 Å². The largest absolute Gasteiger partial charge is 0.480 e. The van der Waals surface area contributed by atoms with Crippen LogP contribution in [0, 0.1) is 5.92 Å². The molecular weight excluding hydrogens is 210 g/mol. The van der Waals surface area contributed by atoms with Crippen LogP contribution in [0.15, 0.2) is 0 Å². The van der Waals surface area contributed by atoms with Crippen LogP contribution in [0.5, 0.6) is 0 Å². The quantitative estimate of drug-likeness (QED) is 0.612. The van der Waals surface area contributed by atoms with Crippen molar-refractivity contribution in [3.8, 4) is 0 Å². The molecule has 1 atom stereocenters. The van der Waals surface area contributed by atoms with Crippen molar-refractivity contribution < 1.29 is 23.1 Å². The van der Waals surface area contributed by atoms with Gasteiger partial charge in [0.1, 0.15) is 6.54 Å². The summed E-state index contributed by atoms with van der Waals surface area (Å²) in [6.45, 7) is -0.463. The predicted molar refractivity (Wildman–Crippen MR) is 47.4 cm³/mol. The molecule has 1 saturated heterocycles. The lowest BCUT2D eigenvalue weighted by Crippen LogP contribution is -2.35. The molecule has 0 spiro atoms. The average Bonchev–Trinajstić information content (AvgIpc) is 2.41. The van der Waals surface area contributed by atoms with Crippen molar-refractivity contribution in [2.24, 2.45) is 5.92 Å². The molecule has 0 aromatic heterocycles. The number of nitrogens with one attached hydrogen (secondary N) is 1. The maximum Gasteiger partial charge on any atom is 0.322 e. The number of hydrogen-bond donors (Lipinski definition) is 2. The van der Waals surface area contributed by atoms with Gasteiger partial charge < -0.3 is 10.4 Å². The predicted octanol–water partition coefficient (Wildman–Crippen LogP) is -1.38. The molecule has 1 aliphatic rings. The Bertz CT molecular complexity index is 347. The first kappa shape index (κ1) is 11.0. The number of carboxylic acid groups (broad SMARTS) is 1. The van der Waals surface area contributed by atoms with Crippen molar-refractivity contribution in [3.63, 3.8) is 0 Å². The van der Waals surface area contributed by atoms with Crippen molar-refractivity contribution in [3.05, 3.63) is 0 Å². The van der Waals surface area contributed by atoms with Gasteiger partial charge in [-0.25, -0.2) is 8.42 Å². The molecule has 0 saturated carbocycles. The number of hydrogen-bond acceptors (Lipinski definition) is 4. The van der Waals surface area contributed by atoms with Gasteiger partial charge in [0.05, 0.1) is 17.4 Å². The van der Waals surface area contributed by atoms with Crippen LogP contribution in [0.1, 0.15) is 6.42 Å². The molecule has 80 valence electrons. The van der Waals surface area contributed by atoms with Crippen LogP contribution in [0.2, 0.25) is 0 Å². The number of carbonyl (C=O) groups is 2. The first-order valence-electron chi connectivity index (χ1n) is 4.10. The van der Waals surface area contributed by atoms with E-state index in [0.29, 0.717) is 0 Å². The van der Waals surface area contributed by atoms with Crippen LogP contribution in [0.3, 0.4) is 0 Å². The molecule has 14 heavy (non-hydrogen) atoms. The minimum atomic E-state index is -3.09. The third-order valence-corrected chi connectivity index (χ3v) is 3.79. The Balaban J connectivity index is 2.44. The summed E-state index contributed by atoms with van der Waals surface area (Å²) in [4.78, 5) is 21.3. The highest BCUT2D eigenvalue weighted by Crippen LogP contribution is 2.18. The maximum absolute atomic E-state index is 11.2. The summed E-state index contributed by atoms with van der Waals surface area (Å²) in [6, 6.07) is 0. The van der Waals surface area contributed by atoms with Gasteiger partial charge in [-0.15, -0.1) is 0 Å². The van der Waals surface area contributed by atoms with Crippen molar-refractivity contribution in [2.75, 3.05) is 18.1 Å². The first-order chi connectivity index (χ1) is 6.41. The molecule has 1 heterocycles. The molecule has 0 aromatic rings. The van der Waals surface area contributed by atoms with E-state index < -0.39 is 34.2 Å². The number of sulfone groups is 1. The number of carbonyl (C=O) groups excluding carboxylic acids is 1. The van der Waals surface area contributed by atoms with E-state index in [-0.39, 0.29) is 17.9 Å². The van der Waals surface area contributed by atoms with Crippen LogP contribution in [-0.4, -0.2) is 43.5 Å². The van der Waals surface area contributed by atoms with E-state index in [0.717, 1.165) is 0 Å². The van der Waals surface area contributed by atoms with Gasteiger partial charge in [-0.2, -0.15) is 0 Å². The third-order valence-electron chi connectivity index (χ3n) is 2.02. The van der Waals surface area contributed by atoms with Gasteiger partial charge in [0, 0.05) is 0 Å². The second-order valence-electron chi connectivity index (χ2n) is 3.21. The SMILES string of the molecule is O=C(O)CNC(=O)C1CCS(=O)(=O)C1. The lowest BCUT2D eigenvalue weighted by Gasteiger charge is -2.06. The van der Waals surface area contributed by atoms with E-state index in [4.69, 9.17) is 5.11 Å². The highest BCUT2D eigenvalue weighted by Gasteiger charge is 2.32. The fourth-order valence-corrected chi connectivity index (χ4v) is 3.05. The van der Waals surface area contributed by atoms with E-state index in [9.17, 15) is 18.0 Å². The second kappa shape index (κ2) is 3.95. The van der Waals surface area contributed by atoms with Gasteiger partial charge in [0.15, 0.2) is 9.84 Å². The van der Waals surface area contributed by atoms with Crippen LogP contribution in [0.4, 0.5) is 0 Å². The zero-order valence-electron chi connectivity index (χ0n) is 7.39. The highest BCUT2D eigenvalue weighted by atomic mass is 32.2. The van der Waals surface area contributed by atoms with Gasteiger partial charge in [-0.05, 0) is 6.42 Å². The molecular formula is C7H11NO5S. The van der Waals surface area contributed by atoms with Crippen LogP contribution in [0.25, 0.3) is 0 Å². The Morgan fingerprint density at radius 3 is 2.50 bits per heavy atom. The summed E-state index contributed by atoms with van der Waals surface area (Å²) in [5, 5.41) is 10.4. The molecule has 7 heteroatoms.